The van der Waals surface area contributed by atoms with E-state index in [4.69, 9.17) is 0 Å². The maximum absolute atomic E-state index is 9.44. The van der Waals surface area contributed by atoms with E-state index in [1.807, 2.05) is 47.8 Å². The summed E-state index contributed by atoms with van der Waals surface area (Å²) in [7, 11) is 0. The second kappa shape index (κ2) is 9.90. The Kier molecular flexibility index (Phi) is 7.75. The number of thioether (sulfide) groups is 2. The number of nitrogens with one attached hydrogen (secondary N) is 1. The molecule has 0 aliphatic heterocycles. The van der Waals surface area contributed by atoms with E-state index in [-0.39, 0.29) is 12.6 Å². The first-order valence-corrected chi connectivity index (χ1v) is 9.16. The molecule has 4 heteroatoms. The molecular formula is C17H21NOS2. The van der Waals surface area contributed by atoms with E-state index < -0.39 is 0 Å². The molecule has 0 saturated carbocycles. The highest BCUT2D eigenvalue weighted by molar-refractivity contribution is 8.16. The van der Waals surface area contributed by atoms with Gasteiger partial charge in [0.25, 0.3) is 0 Å². The molecule has 0 radical (unpaired) electrons. The van der Waals surface area contributed by atoms with Gasteiger partial charge in [-0.2, -0.15) is 0 Å². The fourth-order valence-corrected chi connectivity index (χ4v) is 3.97. The number of aliphatic hydroxyl groups excluding tert-OH is 1. The van der Waals surface area contributed by atoms with Gasteiger partial charge in [-0.3, -0.25) is 0 Å². The summed E-state index contributed by atoms with van der Waals surface area (Å²) in [6, 6.07) is 20.8. The zero-order valence-corrected chi connectivity index (χ0v) is 13.6. The summed E-state index contributed by atoms with van der Waals surface area (Å²) in [5.74, 6) is 0.920. The molecule has 0 fully saturated rings. The van der Waals surface area contributed by atoms with Gasteiger partial charge in [-0.25, -0.2) is 0 Å². The Labute approximate surface area is 135 Å². The van der Waals surface area contributed by atoms with Gasteiger partial charge in [0.2, 0.25) is 0 Å². The van der Waals surface area contributed by atoms with Crippen LogP contribution in [0.2, 0.25) is 0 Å². The monoisotopic (exact) mass is 319 g/mol. The molecule has 2 N–H and O–H groups in total. The Balaban J connectivity index is 1.63. The van der Waals surface area contributed by atoms with E-state index in [0.29, 0.717) is 0 Å². The summed E-state index contributed by atoms with van der Waals surface area (Å²) in [5, 5.41) is 13.8. The highest BCUT2D eigenvalue weighted by Crippen LogP contribution is 2.22. The third-order valence-electron chi connectivity index (χ3n) is 3.03. The van der Waals surface area contributed by atoms with E-state index in [2.05, 4.69) is 41.7 Å². The standard InChI is InChI=1S/C17H21NOS2/c19-12-16(18-11-15-7-3-1-4-8-15)13-20-14-21-17-9-5-2-6-10-17/h1-10,16,18-19H,11-14H2/t16-/m1/s1. The number of aliphatic hydroxyl groups is 1. The lowest BCUT2D eigenvalue weighted by Crippen LogP contribution is -2.34. The molecule has 1 atom stereocenters. The van der Waals surface area contributed by atoms with Crippen LogP contribution in [0, 0.1) is 0 Å². The zero-order valence-electron chi connectivity index (χ0n) is 11.9. The van der Waals surface area contributed by atoms with Crippen LogP contribution in [0.3, 0.4) is 0 Å². The maximum Gasteiger partial charge on any atom is 0.0592 e. The van der Waals surface area contributed by atoms with Crippen molar-refractivity contribution < 1.29 is 5.11 Å². The summed E-state index contributed by atoms with van der Waals surface area (Å²) in [6.45, 7) is 0.980. The Bertz CT molecular complexity index is 493. The van der Waals surface area contributed by atoms with Crippen LogP contribution in [0.1, 0.15) is 5.56 Å². The fraction of sp³-hybridized carbons (Fsp3) is 0.294. The lowest BCUT2D eigenvalue weighted by atomic mass is 10.2. The van der Waals surface area contributed by atoms with Crippen molar-refractivity contribution in [2.24, 2.45) is 0 Å². The molecule has 0 aliphatic carbocycles. The molecule has 2 aromatic rings. The average molecular weight is 319 g/mol. The Hall–Kier alpha value is -0.940. The molecule has 2 rings (SSSR count). The van der Waals surface area contributed by atoms with Gasteiger partial charge in [0, 0.05) is 28.3 Å². The van der Waals surface area contributed by atoms with E-state index >= 15 is 0 Å². The topological polar surface area (TPSA) is 32.3 Å². The summed E-state index contributed by atoms with van der Waals surface area (Å²) in [6.07, 6.45) is 0. The Morgan fingerprint density at radius 3 is 2.29 bits per heavy atom. The average Bonchev–Trinajstić information content (AvgIpc) is 2.56. The van der Waals surface area contributed by atoms with Gasteiger partial charge < -0.3 is 10.4 Å². The van der Waals surface area contributed by atoms with Crippen molar-refractivity contribution >= 4 is 23.5 Å². The van der Waals surface area contributed by atoms with Gasteiger partial charge in [0.15, 0.2) is 0 Å². The first-order chi connectivity index (χ1) is 10.4. The maximum atomic E-state index is 9.44. The smallest absolute Gasteiger partial charge is 0.0592 e. The van der Waals surface area contributed by atoms with Crippen molar-refractivity contribution in [1.29, 1.82) is 0 Å². The van der Waals surface area contributed by atoms with E-state index in [9.17, 15) is 5.11 Å². The third kappa shape index (κ3) is 6.57. The molecule has 21 heavy (non-hydrogen) atoms. The van der Waals surface area contributed by atoms with Gasteiger partial charge in [-0.15, -0.1) is 23.5 Å². The molecule has 0 spiro atoms. The SMILES string of the molecule is OC[C@H](CSCSc1ccccc1)NCc1ccccc1. The molecule has 0 heterocycles. The highest BCUT2D eigenvalue weighted by Gasteiger charge is 2.06. The van der Waals surface area contributed by atoms with Crippen LogP contribution in [0.4, 0.5) is 0 Å². The molecule has 0 amide bonds. The van der Waals surface area contributed by atoms with Crippen LogP contribution >= 0.6 is 23.5 Å². The van der Waals surface area contributed by atoms with Gasteiger partial charge in [0.05, 0.1) is 6.61 Å². The molecule has 0 unspecified atom stereocenters. The number of hydrogen-bond acceptors (Lipinski definition) is 4. The molecule has 0 saturated heterocycles. The minimum atomic E-state index is 0.145. The molecule has 0 aromatic heterocycles. The minimum absolute atomic E-state index is 0.145. The van der Waals surface area contributed by atoms with Crippen LogP contribution in [0.25, 0.3) is 0 Å². The lowest BCUT2D eigenvalue weighted by molar-refractivity contribution is 0.253. The number of benzene rings is 2. The first-order valence-electron chi connectivity index (χ1n) is 7.02. The van der Waals surface area contributed by atoms with Gasteiger partial charge >= 0.3 is 0 Å². The summed E-state index contributed by atoms with van der Waals surface area (Å²) in [5.41, 5.74) is 1.25. The predicted octanol–water partition coefficient (Wildman–Crippen LogP) is 3.62. The zero-order chi connectivity index (χ0) is 14.8. The van der Waals surface area contributed by atoms with Gasteiger partial charge in [0.1, 0.15) is 0 Å². The van der Waals surface area contributed by atoms with Crippen molar-refractivity contribution in [3.05, 3.63) is 66.2 Å². The molecule has 0 bridgehead atoms. The largest absolute Gasteiger partial charge is 0.395 e. The molecule has 0 aliphatic rings. The molecule has 112 valence electrons. The van der Waals surface area contributed by atoms with Crippen molar-refractivity contribution in [3.63, 3.8) is 0 Å². The second-order valence-corrected chi connectivity index (χ2v) is 7.14. The third-order valence-corrected chi connectivity index (χ3v) is 5.41. The van der Waals surface area contributed by atoms with Crippen molar-refractivity contribution in [1.82, 2.24) is 5.32 Å². The number of hydrogen-bond donors (Lipinski definition) is 2. The van der Waals surface area contributed by atoms with Crippen LogP contribution < -0.4 is 5.32 Å². The van der Waals surface area contributed by atoms with Crippen molar-refractivity contribution in [3.8, 4) is 0 Å². The molecule has 2 nitrogen and oxygen atoms in total. The van der Waals surface area contributed by atoms with E-state index in [0.717, 1.165) is 17.4 Å². The Morgan fingerprint density at radius 1 is 0.952 bits per heavy atom. The van der Waals surface area contributed by atoms with Crippen LogP contribution in [0.5, 0.6) is 0 Å². The minimum Gasteiger partial charge on any atom is -0.395 e. The highest BCUT2D eigenvalue weighted by atomic mass is 32.2. The van der Waals surface area contributed by atoms with E-state index in [1.165, 1.54) is 10.5 Å². The van der Waals surface area contributed by atoms with Crippen molar-refractivity contribution in [2.75, 3.05) is 17.4 Å². The van der Waals surface area contributed by atoms with Crippen LogP contribution in [-0.4, -0.2) is 28.6 Å². The van der Waals surface area contributed by atoms with Crippen LogP contribution in [-0.2, 0) is 6.54 Å². The molecular weight excluding hydrogens is 298 g/mol. The van der Waals surface area contributed by atoms with Gasteiger partial charge in [-0.05, 0) is 17.7 Å². The van der Waals surface area contributed by atoms with Crippen molar-refractivity contribution in [2.45, 2.75) is 17.5 Å². The fourth-order valence-electron chi connectivity index (χ4n) is 1.85. The lowest BCUT2D eigenvalue weighted by Gasteiger charge is -2.15. The van der Waals surface area contributed by atoms with Gasteiger partial charge in [-0.1, -0.05) is 48.5 Å². The number of rotatable bonds is 9. The Morgan fingerprint density at radius 2 is 1.62 bits per heavy atom. The normalized spacial score (nSPS) is 12.2. The van der Waals surface area contributed by atoms with E-state index in [1.54, 1.807) is 0 Å². The molecule has 2 aromatic carbocycles. The predicted molar refractivity (Wildman–Crippen MR) is 93.8 cm³/mol. The summed E-state index contributed by atoms with van der Waals surface area (Å²) < 4.78 is 0. The summed E-state index contributed by atoms with van der Waals surface area (Å²) >= 11 is 3.70. The first kappa shape index (κ1) is 16.4. The quantitative estimate of drug-likeness (QED) is 0.420. The second-order valence-electron chi connectivity index (χ2n) is 4.69. The summed E-state index contributed by atoms with van der Waals surface area (Å²) in [4.78, 5) is 1.29. The van der Waals surface area contributed by atoms with Crippen LogP contribution in [0.15, 0.2) is 65.6 Å².